The Balaban J connectivity index is 1.46. The van der Waals surface area contributed by atoms with E-state index in [4.69, 9.17) is 0 Å². The van der Waals surface area contributed by atoms with E-state index < -0.39 is 0 Å². The van der Waals surface area contributed by atoms with Crippen LogP contribution in [0.4, 0.5) is 0 Å². The van der Waals surface area contributed by atoms with Crippen LogP contribution in [0.2, 0.25) is 0 Å². The van der Waals surface area contributed by atoms with Crippen molar-refractivity contribution in [3.05, 3.63) is 83.6 Å². The number of carbonyl (C=O) groups is 1. The summed E-state index contributed by atoms with van der Waals surface area (Å²) in [5.41, 5.74) is 5.93. The lowest BCUT2D eigenvalue weighted by molar-refractivity contribution is 0.0955. The molecule has 0 bridgehead atoms. The molecule has 0 aliphatic carbocycles. The van der Waals surface area contributed by atoms with Crippen molar-refractivity contribution in [2.75, 3.05) is 6.54 Å². The molecule has 34 heavy (non-hydrogen) atoms. The normalized spacial score (nSPS) is 11.9. The summed E-state index contributed by atoms with van der Waals surface area (Å²) in [5.74, 6) is 1.48. The van der Waals surface area contributed by atoms with Gasteiger partial charge in [-0.2, -0.15) is 0 Å². The van der Waals surface area contributed by atoms with Crippen molar-refractivity contribution in [3.8, 4) is 11.1 Å². The Morgan fingerprint density at radius 3 is 2.53 bits per heavy atom. The summed E-state index contributed by atoms with van der Waals surface area (Å²) < 4.78 is 1.95. The third-order valence-electron chi connectivity index (χ3n) is 5.89. The summed E-state index contributed by atoms with van der Waals surface area (Å²) in [5, 5.41) is 11.9. The molecule has 0 saturated carbocycles. The monoisotopic (exact) mass is 452 g/mol. The van der Waals surface area contributed by atoms with Crippen LogP contribution in [0.5, 0.6) is 0 Å². The standard InChI is InChI=1S/C27H28N6O/c1-17-9-11-18(12-10-17)19-15-20(24-31-32-26(27(2,3)4)33(24)16-19)25(34)28-14-13-23-29-21-7-5-6-8-22(21)30-23/h5-12,15-16H,13-14H2,1-4H3,(H,28,34)(H,29,30). The van der Waals surface area contributed by atoms with Crippen LogP contribution in [-0.4, -0.2) is 37.0 Å². The van der Waals surface area contributed by atoms with Crippen LogP contribution in [0.25, 0.3) is 27.8 Å². The Morgan fingerprint density at radius 2 is 1.79 bits per heavy atom. The van der Waals surface area contributed by atoms with Crippen LogP contribution in [0.1, 0.15) is 48.3 Å². The predicted octanol–water partition coefficient (Wildman–Crippen LogP) is 4.85. The van der Waals surface area contributed by atoms with Crippen LogP contribution in [0.3, 0.4) is 0 Å². The van der Waals surface area contributed by atoms with E-state index in [1.165, 1.54) is 5.56 Å². The fraction of sp³-hybridized carbons (Fsp3) is 0.259. The number of aromatic nitrogens is 5. The van der Waals surface area contributed by atoms with Crippen molar-refractivity contribution in [2.24, 2.45) is 0 Å². The Kier molecular flexibility index (Phi) is 5.40. The molecule has 7 heteroatoms. The molecule has 0 radical (unpaired) electrons. The largest absolute Gasteiger partial charge is 0.351 e. The van der Waals surface area contributed by atoms with Crippen molar-refractivity contribution >= 4 is 22.6 Å². The van der Waals surface area contributed by atoms with Crippen molar-refractivity contribution in [2.45, 2.75) is 39.5 Å². The summed E-state index contributed by atoms with van der Waals surface area (Å²) in [4.78, 5) is 21.2. The van der Waals surface area contributed by atoms with Crippen molar-refractivity contribution in [1.82, 2.24) is 29.9 Å². The zero-order valence-corrected chi connectivity index (χ0v) is 19.9. The molecule has 3 heterocycles. The third kappa shape index (κ3) is 4.17. The molecule has 5 aromatic rings. The number of amides is 1. The van der Waals surface area contributed by atoms with E-state index in [1.54, 1.807) is 0 Å². The first-order valence-electron chi connectivity index (χ1n) is 11.5. The number of imidazole rings is 1. The molecule has 0 aliphatic rings. The van der Waals surface area contributed by atoms with Crippen LogP contribution in [0, 0.1) is 6.92 Å². The highest BCUT2D eigenvalue weighted by Gasteiger charge is 2.24. The Hall–Kier alpha value is -4.00. The van der Waals surface area contributed by atoms with Gasteiger partial charge in [0.2, 0.25) is 0 Å². The number of para-hydroxylation sites is 2. The second-order valence-electron chi connectivity index (χ2n) is 9.68. The number of pyridine rings is 1. The lowest BCUT2D eigenvalue weighted by Crippen LogP contribution is -2.27. The van der Waals surface area contributed by atoms with Crippen LogP contribution in [-0.2, 0) is 11.8 Å². The number of nitrogens with zero attached hydrogens (tertiary/aromatic N) is 4. The molecule has 7 nitrogen and oxygen atoms in total. The second-order valence-corrected chi connectivity index (χ2v) is 9.68. The number of aryl methyl sites for hydroxylation is 1. The number of benzene rings is 2. The molecule has 1 amide bonds. The van der Waals surface area contributed by atoms with Crippen molar-refractivity contribution in [1.29, 1.82) is 0 Å². The molecule has 0 spiro atoms. The molecule has 5 rings (SSSR count). The second kappa shape index (κ2) is 8.41. The van der Waals surface area contributed by atoms with E-state index in [0.29, 0.717) is 24.2 Å². The number of hydrogen-bond donors (Lipinski definition) is 2. The highest BCUT2D eigenvalue weighted by atomic mass is 16.1. The molecule has 2 N–H and O–H groups in total. The van der Waals surface area contributed by atoms with Gasteiger partial charge in [0.15, 0.2) is 5.65 Å². The molecule has 0 atom stereocenters. The maximum absolute atomic E-state index is 13.3. The Labute approximate surface area is 198 Å². The molecule has 0 unspecified atom stereocenters. The topological polar surface area (TPSA) is 88.0 Å². The SMILES string of the molecule is Cc1ccc(-c2cc(C(=O)NCCc3nc4ccccc4[nH]3)c3nnc(C(C)(C)C)n3c2)cc1. The van der Waals surface area contributed by atoms with E-state index in [-0.39, 0.29) is 11.3 Å². The number of fused-ring (bicyclic) bond motifs is 2. The van der Waals surface area contributed by atoms with Gasteiger partial charge in [0.1, 0.15) is 11.6 Å². The van der Waals surface area contributed by atoms with E-state index in [2.05, 4.69) is 77.4 Å². The van der Waals surface area contributed by atoms with Gasteiger partial charge in [0.05, 0.1) is 16.6 Å². The van der Waals surface area contributed by atoms with Crippen LogP contribution >= 0.6 is 0 Å². The van der Waals surface area contributed by atoms with Gasteiger partial charge in [-0.25, -0.2) is 4.98 Å². The molecule has 3 aromatic heterocycles. The van der Waals surface area contributed by atoms with Gasteiger partial charge in [-0.05, 0) is 36.2 Å². The molecular weight excluding hydrogens is 424 g/mol. The average molecular weight is 453 g/mol. The third-order valence-corrected chi connectivity index (χ3v) is 5.89. The zero-order valence-electron chi connectivity index (χ0n) is 19.9. The molecular formula is C27H28N6O. The maximum Gasteiger partial charge on any atom is 0.255 e. The van der Waals surface area contributed by atoms with E-state index >= 15 is 0 Å². The number of carbonyl (C=O) groups excluding carboxylic acids is 1. The molecule has 0 fully saturated rings. The smallest absolute Gasteiger partial charge is 0.255 e. The molecule has 0 aliphatic heterocycles. The van der Waals surface area contributed by atoms with E-state index in [1.807, 2.05) is 40.9 Å². The fourth-order valence-corrected chi connectivity index (χ4v) is 4.09. The Bertz CT molecular complexity index is 1450. The number of aromatic amines is 1. The quantitative estimate of drug-likeness (QED) is 0.399. The van der Waals surface area contributed by atoms with Crippen LogP contribution < -0.4 is 5.32 Å². The maximum atomic E-state index is 13.3. The Morgan fingerprint density at radius 1 is 1.03 bits per heavy atom. The first-order chi connectivity index (χ1) is 16.3. The van der Waals surface area contributed by atoms with Gasteiger partial charge in [-0.3, -0.25) is 9.20 Å². The lowest BCUT2D eigenvalue weighted by atomic mass is 9.95. The van der Waals surface area contributed by atoms with Gasteiger partial charge < -0.3 is 10.3 Å². The number of rotatable bonds is 5. The van der Waals surface area contributed by atoms with Gasteiger partial charge >= 0.3 is 0 Å². The zero-order chi connectivity index (χ0) is 23.9. The van der Waals surface area contributed by atoms with Crippen molar-refractivity contribution < 1.29 is 4.79 Å². The van der Waals surface area contributed by atoms with Gasteiger partial charge in [0.25, 0.3) is 5.91 Å². The number of H-pyrrole nitrogens is 1. The van der Waals surface area contributed by atoms with E-state index in [0.717, 1.165) is 33.8 Å². The first kappa shape index (κ1) is 21.8. The van der Waals surface area contributed by atoms with Crippen molar-refractivity contribution in [3.63, 3.8) is 0 Å². The summed E-state index contributed by atoms with van der Waals surface area (Å²) >= 11 is 0. The first-order valence-corrected chi connectivity index (χ1v) is 11.5. The van der Waals surface area contributed by atoms with Gasteiger partial charge in [-0.1, -0.05) is 62.7 Å². The minimum atomic E-state index is -0.222. The number of nitrogens with one attached hydrogen (secondary N) is 2. The lowest BCUT2D eigenvalue weighted by Gasteiger charge is -2.17. The highest BCUT2D eigenvalue weighted by molar-refractivity contribution is 6.01. The summed E-state index contributed by atoms with van der Waals surface area (Å²) in [6.07, 6.45) is 2.63. The highest BCUT2D eigenvalue weighted by Crippen LogP contribution is 2.27. The minimum Gasteiger partial charge on any atom is -0.351 e. The summed E-state index contributed by atoms with van der Waals surface area (Å²) in [7, 11) is 0. The molecule has 2 aromatic carbocycles. The summed E-state index contributed by atoms with van der Waals surface area (Å²) in [6, 6.07) is 18.1. The summed E-state index contributed by atoms with van der Waals surface area (Å²) in [6.45, 7) is 8.80. The predicted molar refractivity (Wildman–Crippen MR) is 134 cm³/mol. The van der Waals surface area contributed by atoms with Gasteiger partial charge in [0, 0.05) is 24.6 Å². The van der Waals surface area contributed by atoms with E-state index in [9.17, 15) is 4.79 Å². The fourth-order valence-electron chi connectivity index (χ4n) is 4.09. The number of hydrogen-bond acceptors (Lipinski definition) is 4. The molecule has 172 valence electrons. The minimum absolute atomic E-state index is 0.178. The average Bonchev–Trinajstić information content (AvgIpc) is 3.42. The molecule has 0 saturated heterocycles. The van der Waals surface area contributed by atoms with Crippen LogP contribution in [0.15, 0.2) is 60.8 Å². The van der Waals surface area contributed by atoms with Gasteiger partial charge in [-0.15, -0.1) is 10.2 Å².